The van der Waals surface area contributed by atoms with Crippen LogP contribution in [0.5, 0.6) is 0 Å². The summed E-state index contributed by atoms with van der Waals surface area (Å²) in [5.41, 5.74) is 1.85. The van der Waals surface area contributed by atoms with Crippen molar-refractivity contribution in [3.8, 4) is 0 Å². The van der Waals surface area contributed by atoms with Gasteiger partial charge in [-0.25, -0.2) is 0 Å². The maximum Gasteiger partial charge on any atom is 0.255 e. The maximum atomic E-state index is 11.0. The lowest BCUT2D eigenvalue weighted by molar-refractivity contribution is -0.512. The zero-order chi connectivity index (χ0) is 12.3. The predicted octanol–water partition coefficient (Wildman–Crippen LogP) is 2.79. The summed E-state index contributed by atoms with van der Waals surface area (Å²) in [6.45, 7) is 1.96. The minimum atomic E-state index is -0.568. The molecule has 2 aliphatic carbocycles. The second-order valence-electron chi connectivity index (χ2n) is 5.02. The molecule has 1 N–H and O–H groups in total. The van der Waals surface area contributed by atoms with Crippen LogP contribution < -0.4 is 5.32 Å². The molecule has 0 radical (unpaired) electrons. The van der Waals surface area contributed by atoms with E-state index in [-0.39, 0.29) is 4.92 Å². The molecule has 1 atom stereocenters. The molecule has 2 aliphatic rings. The van der Waals surface area contributed by atoms with Gasteiger partial charge in [-0.3, -0.25) is 10.1 Å². The van der Waals surface area contributed by atoms with Gasteiger partial charge in [0.1, 0.15) is 0 Å². The standard InChI is InChI=1S/C13H20N2O2/c1-10-6-5-9-12(15(16)17)13(10)14-11-7-3-2-4-8-11/h5-6,11-12,14H,2-4,7-9H2,1H3. The van der Waals surface area contributed by atoms with Gasteiger partial charge in [0.15, 0.2) is 0 Å². The Kier molecular flexibility index (Phi) is 3.82. The van der Waals surface area contributed by atoms with Crippen LogP contribution in [0.1, 0.15) is 45.4 Å². The van der Waals surface area contributed by atoms with Gasteiger partial charge in [0.25, 0.3) is 6.04 Å². The van der Waals surface area contributed by atoms with E-state index < -0.39 is 6.04 Å². The highest BCUT2D eigenvalue weighted by molar-refractivity contribution is 5.30. The maximum absolute atomic E-state index is 11.0. The third-order valence-electron chi connectivity index (χ3n) is 3.70. The Morgan fingerprint density at radius 2 is 2.06 bits per heavy atom. The molecule has 0 amide bonds. The largest absolute Gasteiger partial charge is 0.380 e. The van der Waals surface area contributed by atoms with Crippen LogP contribution in [0.4, 0.5) is 0 Å². The Labute approximate surface area is 102 Å². The third-order valence-corrected chi connectivity index (χ3v) is 3.70. The number of nitro groups is 1. The minimum absolute atomic E-state index is 0.168. The number of allylic oxidation sites excluding steroid dienone is 2. The fraction of sp³-hybridized carbons (Fsp3) is 0.692. The summed E-state index contributed by atoms with van der Waals surface area (Å²) in [6, 6.07) is -0.135. The van der Waals surface area contributed by atoms with Gasteiger partial charge < -0.3 is 5.32 Å². The number of nitrogens with zero attached hydrogens (tertiary/aromatic N) is 1. The average Bonchev–Trinajstić information content (AvgIpc) is 2.33. The smallest absolute Gasteiger partial charge is 0.255 e. The number of rotatable bonds is 3. The van der Waals surface area contributed by atoms with E-state index in [0.717, 1.165) is 24.1 Å². The van der Waals surface area contributed by atoms with E-state index >= 15 is 0 Å². The summed E-state index contributed by atoms with van der Waals surface area (Å²) < 4.78 is 0. The van der Waals surface area contributed by atoms with Crippen LogP contribution in [-0.4, -0.2) is 17.0 Å². The van der Waals surface area contributed by atoms with Crippen LogP contribution >= 0.6 is 0 Å². The Balaban J connectivity index is 2.08. The Hall–Kier alpha value is -1.32. The molecule has 0 aromatic carbocycles. The van der Waals surface area contributed by atoms with Gasteiger partial charge >= 0.3 is 0 Å². The lowest BCUT2D eigenvalue weighted by Gasteiger charge is -2.28. The predicted molar refractivity (Wildman–Crippen MR) is 67.2 cm³/mol. The number of hydrogen-bond acceptors (Lipinski definition) is 3. The van der Waals surface area contributed by atoms with E-state index in [2.05, 4.69) is 5.32 Å². The topological polar surface area (TPSA) is 55.2 Å². The van der Waals surface area contributed by atoms with E-state index in [4.69, 9.17) is 0 Å². The first-order valence-corrected chi connectivity index (χ1v) is 6.46. The summed E-state index contributed by atoms with van der Waals surface area (Å²) in [6.07, 6.45) is 10.5. The van der Waals surface area contributed by atoms with E-state index in [1.54, 1.807) is 0 Å². The molecule has 0 spiro atoms. The van der Waals surface area contributed by atoms with E-state index in [1.165, 1.54) is 19.3 Å². The third kappa shape index (κ3) is 2.87. The highest BCUT2D eigenvalue weighted by Crippen LogP contribution is 2.24. The van der Waals surface area contributed by atoms with Crippen molar-refractivity contribution in [1.29, 1.82) is 0 Å². The van der Waals surface area contributed by atoms with Crippen molar-refractivity contribution < 1.29 is 4.92 Å². The molecule has 1 fully saturated rings. The van der Waals surface area contributed by atoms with Crippen molar-refractivity contribution in [2.75, 3.05) is 0 Å². The summed E-state index contributed by atoms with van der Waals surface area (Å²) in [7, 11) is 0. The Bertz CT molecular complexity index is 354. The summed E-state index contributed by atoms with van der Waals surface area (Å²) >= 11 is 0. The molecular weight excluding hydrogens is 216 g/mol. The first kappa shape index (κ1) is 12.1. The SMILES string of the molecule is CC1=C(NC2CCCCC2)C([N+](=O)[O-])CC=C1. The zero-order valence-corrected chi connectivity index (χ0v) is 10.3. The normalized spacial score (nSPS) is 26.1. The van der Waals surface area contributed by atoms with Crippen molar-refractivity contribution in [3.05, 3.63) is 33.5 Å². The molecule has 0 aliphatic heterocycles. The van der Waals surface area contributed by atoms with Crippen molar-refractivity contribution in [2.24, 2.45) is 0 Å². The van der Waals surface area contributed by atoms with Crippen molar-refractivity contribution >= 4 is 0 Å². The average molecular weight is 236 g/mol. The Morgan fingerprint density at radius 1 is 1.35 bits per heavy atom. The second-order valence-corrected chi connectivity index (χ2v) is 5.02. The van der Waals surface area contributed by atoms with Gasteiger partial charge in [0.05, 0.1) is 5.70 Å². The fourth-order valence-electron chi connectivity index (χ4n) is 2.71. The highest BCUT2D eigenvalue weighted by Gasteiger charge is 2.29. The van der Waals surface area contributed by atoms with Crippen LogP contribution in [0.3, 0.4) is 0 Å². The highest BCUT2D eigenvalue weighted by atomic mass is 16.6. The summed E-state index contributed by atoms with van der Waals surface area (Å²) in [4.78, 5) is 10.9. The van der Waals surface area contributed by atoms with Gasteiger partial charge in [0.2, 0.25) is 0 Å². The molecule has 0 saturated heterocycles. The minimum Gasteiger partial charge on any atom is -0.380 e. The molecule has 4 nitrogen and oxygen atoms in total. The fourth-order valence-corrected chi connectivity index (χ4v) is 2.71. The van der Waals surface area contributed by atoms with Crippen LogP contribution in [-0.2, 0) is 0 Å². The van der Waals surface area contributed by atoms with Gasteiger partial charge in [-0.2, -0.15) is 0 Å². The van der Waals surface area contributed by atoms with Crippen LogP contribution in [0.2, 0.25) is 0 Å². The first-order valence-electron chi connectivity index (χ1n) is 6.46. The number of hydrogen-bond donors (Lipinski definition) is 1. The summed E-state index contributed by atoms with van der Waals surface area (Å²) in [5, 5.41) is 14.5. The molecule has 4 heteroatoms. The van der Waals surface area contributed by atoms with Crippen molar-refractivity contribution in [2.45, 2.75) is 57.5 Å². The molecule has 2 rings (SSSR count). The van der Waals surface area contributed by atoms with Crippen LogP contribution in [0, 0.1) is 10.1 Å². The molecule has 0 aromatic rings. The van der Waals surface area contributed by atoms with Gasteiger partial charge in [0, 0.05) is 17.4 Å². The van der Waals surface area contributed by atoms with Crippen LogP contribution in [0.25, 0.3) is 0 Å². The molecule has 0 bridgehead atoms. The van der Waals surface area contributed by atoms with E-state index in [9.17, 15) is 10.1 Å². The molecule has 0 heterocycles. The first-order chi connectivity index (χ1) is 8.18. The molecule has 1 unspecified atom stereocenters. The van der Waals surface area contributed by atoms with Gasteiger partial charge in [-0.15, -0.1) is 0 Å². The lowest BCUT2D eigenvalue weighted by atomic mass is 9.93. The van der Waals surface area contributed by atoms with Crippen molar-refractivity contribution in [1.82, 2.24) is 5.32 Å². The molecule has 94 valence electrons. The van der Waals surface area contributed by atoms with Gasteiger partial charge in [-0.1, -0.05) is 31.4 Å². The van der Waals surface area contributed by atoms with Crippen molar-refractivity contribution in [3.63, 3.8) is 0 Å². The quantitative estimate of drug-likeness (QED) is 0.605. The Morgan fingerprint density at radius 3 is 2.71 bits per heavy atom. The number of nitrogens with one attached hydrogen (secondary N) is 1. The van der Waals surface area contributed by atoms with Crippen LogP contribution in [0.15, 0.2) is 23.4 Å². The molecule has 1 saturated carbocycles. The van der Waals surface area contributed by atoms with E-state index in [1.807, 2.05) is 19.1 Å². The molecular formula is C13H20N2O2. The van der Waals surface area contributed by atoms with E-state index in [0.29, 0.717) is 12.5 Å². The zero-order valence-electron chi connectivity index (χ0n) is 10.3. The molecule has 17 heavy (non-hydrogen) atoms. The molecule has 0 aromatic heterocycles. The lowest BCUT2D eigenvalue weighted by Crippen LogP contribution is -2.39. The summed E-state index contributed by atoms with van der Waals surface area (Å²) in [5.74, 6) is 0. The van der Waals surface area contributed by atoms with Gasteiger partial charge in [-0.05, 0) is 25.3 Å². The monoisotopic (exact) mass is 236 g/mol. The second kappa shape index (κ2) is 5.34.